The topological polar surface area (TPSA) is 49.7 Å². The van der Waals surface area contributed by atoms with E-state index < -0.39 is 0 Å². The average Bonchev–Trinajstić information content (AvgIpc) is 2.27. The molecule has 0 aliphatic heterocycles. The van der Waals surface area contributed by atoms with E-state index >= 15 is 0 Å². The third-order valence-electron chi connectivity index (χ3n) is 2.51. The molecule has 0 atom stereocenters. The molecule has 0 aromatic carbocycles. The summed E-state index contributed by atoms with van der Waals surface area (Å²) < 4.78 is 5.36. The second-order valence-corrected chi connectivity index (χ2v) is 4.07. The van der Waals surface area contributed by atoms with Crippen LogP contribution in [0, 0.1) is 5.92 Å². The van der Waals surface area contributed by atoms with Crippen LogP contribution < -0.4 is 0 Å². The Morgan fingerprint density at radius 1 is 0.933 bits per heavy atom. The van der Waals surface area contributed by atoms with Crippen molar-refractivity contribution in [3.05, 3.63) is 0 Å². The van der Waals surface area contributed by atoms with Crippen LogP contribution in [0.15, 0.2) is 0 Å². The lowest BCUT2D eigenvalue weighted by Gasteiger charge is -2.10. The third-order valence-corrected chi connectivity index (χ3v) is 2.51. The monoisotopic (exact) mass is 218 g/mol. The zero-order chi connectivity index (χ0) is 11.4. The van der Waals surface area contributed by atoms with E-state index in [0.717, 1.165) is 13.0 Å². The minimum atomic E-state index is -0.106. The van der Waals surface area contributed by atoms with Gasteiger partial charge in [0.2, 0.25) is 0 Å². The van der Waals surface area contributed by atoms with Crippen molar-refractivity contribution in [2.75, 3.05) is 26.4 Å². The molecule has 0 aliphatic rings. The Hall–Kier alpha value is -0.120. The van der Waals surface area contributed by atoms with Gasteiger partial charge in [0.25, 0.3) is 0 Å². The molecular weight excluding hydrogens is 192 g/mol. The van der Waals surface area contributed by atoms with Crippen LogP contribution in [0.1, 0.15) is 45.4 Å². The summed E-state index contributed by atoms with van der Waals surface area (Å²) in [6.07, 6.45) is 7.55. The maximum atomic E-state index is 8.79. The van der Waals surface area contributed by atoms with Gasteiger partial charge in [-0.05, 0) is 6.42 Å². The van der Waals surface area contributed by atoms with Crippen LogP contribution in [-0.2, 0) is 4.74 Å². The molecule has 3 nitrogen and oxygen atoms in total. The van der Waals surface area contributed by atoms with Gasteiger partial charge in [-0.2, -0.15) is 0 Å². The van der Waals surface area contributed by atoms with E-state index in [2.05, 4.69) is 6.92 Å². The summed E-state index contributed by atoms with van der Waals surface area (Å²) in [4.78, 5) is 0. The van der Waals surface area contributed by atoms with Crippen LogP contribution in [0.25, 0.3) is 0 Å². The zero-order valence-electron chi connectivity index (χ0n) is 9.95. The summed E-state index contributed by atoms with van der Waals surface area (Å²) in [5, 5.41) is 17.6. The van der Waals surface area contributed by atoms with Crippen molar-refractivity contribution in [2.24, 2.45) is 5.92 Å². The molecule has 0 heterocycles. The SMILES string of the molecule is CCCCCCCCOCC(CO)CO. The lowest BCUT2D eigenvalue weighted by atomic mass is 10.1. The van der Waals surface area contributed by atoms with Gasteiger partial charge in [0, 0.05) is 12.5 Å². The first-order valence-corrected chi connectivity index (χ1v) is 6.14. The third kappa shape index (κ3) is 10.2. The highest BCUT2D eigenvalue weighted by atomic mass is 16.5. The van der Waals surface area contributed by atoms with Crippen molar-refractivity contribution >= 4 is 0 Å². The molecule has 0 fully saturated rings. The summed E-state index contributed by atoms with van der Waals surface area (Å²) >= 11 is 0. The lowest BCUT2D eigenvalue weighted by molar-refractivity contribution is 0.0435. The van der Waals surface area contributed by atoms with Gasteiger partial charge in [0.05, 0.1) is 19.8 Å². The second kappa shape index (κ2) is 12.0. The molecule has 92 valence electrons. The summed E-state index contributed by atoms with van der Waals surface area (Å²) in [6, 6.07) is 0. The average molecular weight is 218 g/mol. The van der Waals surface area contributed by atoms with E-state index in [1.807, 2.05) is 0 Å². The van der Waals surface area contributed by atoms with E-state index in [1.54, 1.807) is 0 Å². The minimum absolute atomic E-state index is 0.00694. The molecule has 0 aliphatic carbocycles. The van der Waals surface area contributed by atoms with E-state index in [-0.39, 0.29) is 19.1 Å². The highest BCUT2D eigenvalue weighted by Crippen LogP contribution is 2.05. The summed E-state index contributed by atoms with van der Waals surface area (Å²) in [6.45, 7) is 3.46. The summed E-state index contributed by atoms with van der Waals surface area (Å²) in [5.41, 5.74) is 0. The van der Waals surface area contributed by atoms with E-state index in [0.29, 0.717) is 6.61 Å². The van der Waals surface area contributed by atoms with Crippen molar-refractivity contribution < 1.29 is 14.9 Å². The van der Waals surface area contributed by atoms with Gasteiger partial charge < -0.3 is 14.9 Å². The van der Waals surface area contributed by atoms with Gasteiger partial charge in [-0.25, -0.2) is 0 Å². The molecule has 0 radical (unpaired) electrons. The van der Waals surface area contributed by atoms with Crippen molar-refractivity contribution in [3.8, 4) is 0 Å². The van der Waals surface area contributed by atoms with Crippen molar-refractivity contribution in [2.45, 2.75) is 45.4 Å². The first-order valence-electron chi connectivity index (χ1n) is 6.14. The number of unbranched alkanes of at least 4 members (excludes halogenated alkanes) is 5. The van der Waals surface area contributed by atoms with E-state index in [4.69, 9.17) is 14.9 Å². The standard InChI is InChI=1S/C12H26O3/c1-2-3-4-5-6-7-8-15-11-12(9-13)10-14/h12-14H,2-11H2,1H3. The fourth-order valence-corrected chi connectivity index (χ4v) is 1.40. The molecule has 0 unspecified atom stereocenters. The van der Waals surface area contributed by atoms with Crippen molar-refractivity contribution in [1.82, 2.24) is 0 Å². The maximum Gasteiger partial charge on any atom is 0.0538 e. The largest absolute Gasteiger partial charge is 0.396 e. The van der Waals surface area contributed by atoms with Gasteiger partial charge in [-0.3, -0.25) is 0 Å². The van der Waals surface area contributed by atoms with Gasteiger partial charge in [0.1, 0.15) is 0 Å². The highest BCUT2D eigenvalue weighted by Gasteiger charge is 2.04. The quantitative estimate of drug-likeness (QED) is 0.521. The van der Waals surface area contributed by atoms with Crippen LogP contribution in [0.4, 0.5) is 0 Å². The second-order valence-electron chi connectivity index (χ2n) is 4.07. The first kappa shape index (κ1) is 14.9. The number of aliphatic hydroxyl groups excluding tert-OH is 2. The highest BCUT2D eigenvalue weighted by molar-refractivity contribution is 4.52. The first-order chi connectivity index (χ1) is 7.35. The van der Waals surface area contributed by atoms with Gasteiger partial charge in [0.15, 0.2) is 0 Å². The van der Waals surface area contributed by atoms with E-state index in [9.17, 15) is 0 Å². The Morgan fingerprint density at radius 3 is 2.13 bits per heavy atom. The summed E-state index contributed by atoms with van der Waals surface area (Å²) in [5.74, 6) is -0.106. The molecule has 0 saturated heterocycles. The maximum absolute atomic E-state index is 8.79. The van der Waals surface area contributed by atoms with Crippen LogP contribution in [-0.4, -0.2) is 36.6 Å². The Bertz CT molecular complexity index is 113. The van der Waals surface area contributed by atoms with E-state index in [1.165, 1.54) is 32.1 Å². The predicted octanol–water partition coefficient (Wildman–Crippen LogP) is 1.96. The van der Waals surface area contributed by atoms with Gasteiger partial charge in [-0.15, -0.1) is 0 Å². The van der Waals surface area contributed by atoms with Crippen LogP contribution in [0.2, 0.25) is 0 Å². The predicted molar refractivity (Wildman–Crippen MR) is 61.9 cm³/mol. The van der Waals surface area contributed by atoms with Crippen LogP contribution >= 0.6 is 0 Å². The summed E-state index contributed by atoms with van der Waals surface area (Å²) in [7, 11) is 0. The molecule has 0 aromatic heterocycles. The smallest absolute Gasteiger partial charge is 0.0538 e. The molecule has 0 aromatic rings. The number of ether oxygens (including phenoxy) is 1. The Kier molecular flexibility index (Phi) is 11.9. The number of hydrogen-bond acceptors (Lipinski definition) is 3. The molecule has 3 heteroatoms. The number of rotatable bonds is 11. The molecule has 0 amide bonds. The normalized spacial score (nSPS) is 11.2. The van der Waals surface area contributed by atoms with Crippen LogP contribution in [0.5, 0.6) is 0 Å². The number of aliphatic hydroxyl groups is 2. The lowest BCUT2D eigenvalue weighted by Crippen LogP contribution is -2.18. The zero-order valence-corrected chi connectivity index (χ0v) is 9.95. The van der Waals surface area contributed by atoms with Crippen molar-refractivity contribution in [3.63, 3.8) is 0 Å². The Morgan fingerprint density at radius 2 is 1.53 bits per heavy atom. The Balaban J connectivity index is 3.04. The fourth-order valence-electron chi connectivity index (χ4n) is 1.40. The molecule has 0 bridgehead atoms. The molecule has 0 saturated carbocycles. The van der Waals surface area contributed by atoms with Gasteiger partial charge >= 0.3 is 0 Å². The van der Waals surface area contributed by atoms with Crippen LogP contribution in [0.3, 0.4) is 0 Å². The molecule has 2 N–H and O–H groups in total. The Labute approximate surface area is 93.5 Å². The molecule has 15 heavy (non-hydrogen) atoms. The number of hydrogen-bond donors (Lipinski definition) is 2. The molecular formula is C12H26O3. The van der Waals surface area contributed by atoms with Crippen molar-refractivity contribution in [1.29, 1.82) is 0 Å². The van der Waals surface area contributed by atoms with Gasteiger partial charge in [-0.1, -0.05) is 39.0 Å². The molecule has 0 spiro atoms. The minimum Gasteiger partial charge on any atom is -0.396 e. The molecule has 0 rings (SSSR count). The fraction of sp³-hybridized carbons (Fsp3) is 1.00.